The van der Waals surface area contributed by atoms with Gasteiger partial charge in [-0.25, -0.2) is 0 Å². The monoisotopic (exact) mass is 378 g/mol. The maximum absolute atomic E-state index is 12.5. The first-order chi connectivity index (χ1) is 11.9. The minimum atomic E-state index is -0.246. The number of hydrogen-bond acceptors (Lipinski definition) is 6. The van der Waals surface area contributed by atoms with E-state index in [0.717, 1.165) is 11.3 Å². The van der Waals surface area contributed by atoms with Crippen LogP contribution in [0.4, 0.5) is 5.69 Å². The highest BCUT2D eigenvalue weighted by Crippen LogP contribution is 2.32. The van der Waals surface area contributed by atoms with Crippen LogP contribution in [0.2, 0.25) is 0 Å². The molecule has 2 rings (SSSR count). The Morgan fingerprint density at radius 2 is 2.00 bits per heavy atom. The van der Waals surface area contributed by atoms with Crippen LogP contribution in [0.25, 0.3) is 6.08 Å². The molecule has 1 saturated heterocycles. The Balaban J connectivity index is 1.98. The third-order valence-electron chi connectivity index (χ3n) is 3.65. The van der Waals surface area contributed by atoms with Crippen molar-refractivity contribution in [1.82, 2.24) is 4.90 Å². The number of thioether (sulfide) groups is 1. The van der Waals surface area contributed by atoms with E-state index in [1.807, 2.05) is 49.3 Å². The fourth-order valence-electron chi connectivity index (χ4n) is 2.33. The molecule has 1 aliphatic rings. The minimum absolute atomic E-state index is 0.101. The van der Waals surface area contributed by atoms with Gasteiger partial charge in [-0.15, -0.1) is 0 Å². The molecule has 7 heteroatoms. The highest BCUT2D eigenvalue weighted by atomic mass is 32.2. The van der Waals surface area contributed by atoms with Gasteiger partial charge in [0.05, 0.1) is 11.5 Å². The van der Waals surface area contributed by atoms with Gasteiger partial charge in [0.25, 0.3) is 5.91 Å². The second-order valence-electron chi connectivity index (χ2n) is 5.73. The van der Waals surface area contributed by atoms with Crippen molar-refractivity contribution in [2.24, 2.45) is 0 Å². The second kappa shape index (κ2) is 9.01. The molecular formula is C18H22N2O3S2. The number of amides is 1. The van der Waals surface area contributed by atoms with Crippen LogP contribution in [0.15, 0.2) is 29.2 Å². The third-order valence-corrected chi connectivity index (χ3v) is 5.03. The first-order valence-electron chi connectivity index (χ1n) is 8.10. The summed E-state index contributed by atoms with van der Waals surface area (Å²) in [6, 6.07) is 7.96. The molecule has 1 fully saturated rings. The van der Waals surface area contributed by atoms with Gasteiger partial charge in [-0.2, -0.15) is 0 Å². The van der Waals surface area contributed by atoms with Crippen LogP contribution in [-0.2, 0) is 14.3 Å². The van der Waals surface area contributed by atoms with Gasteiger partial charge >= 0.3 is 5.97 Å². The molecule has 1 heterocycles. The summed E-state index contributed by atoms with van der Waals surface area (Å²) in [5, 5.41) is 0. The van der Waals surface area contributed by atoms with E-state index in [1.165, 1.54) is 11.8 Å². The van der Waals surface area contributed by atoms with Crippen molar-refractivity contribution >= 4 is 51.9 Å². The zero-order valence-electron chi connectivity index (χ0n) is 14.7. The molecule has 0 atom stereocenters. The molecule has 0 unspecified atom stereocenters. The van der Waals surface area contributed by atoms with Crippen LogP contribution in [0.1, 0.15) is 25.3 Å². The largest absolute Gasteiger partial charge is 0.466 e. The number of rotatable bonds is 7. The van der Waals surface area contributed by atoms with Crippen molar-refractivity contribution in [1.29, 1.82) is 0 Å². The molecule has 5 nitrogen and oxygen atoms in total. The molecule has 25 heavy (non-hydrogen) atoms. The van der Waals surface area contributed by atoms with Crippen LogP contribution >= 0.6 is 24.0 Å². The van der Waals surface area contributed by atoms with Crippen LogP contribution in [0.5, 0.6) is 0 Å². The number of esters is 1. The summed E-state index contributed by atoms with van der Waals surface area (Å²) in [6.45, 7) is 2.57. The SMILES string of the molecule is CCOC(=O)CCCN1C(=O)/C(=C\c2ccc(N(C)C)cc2)SC1=S. The predicted molar refractivity (Wildman–Crippen MR) is 107 cm³/mol. The van der Waals surface area contributed by atoms with E-state index in [2.05, 4.69) is 0 Å². The molecule has 0 saturated carbocycles. The Morgan fingerprint density at radius 1 is 1.32 bits per heavy atom. The van der Waals surface area contributed by atoms with E-state index >= 15 is 0 Å². The molecule has 0 aliphatic carbocycles. The number of anilines is 1. The lowest BCUT2D eigenvalue weighted by Crippen LogP contribution is -2.29. The molecule has 134 valence electrons. The summed E-state index contributed by atoms with van der Waals surface area (Å²) in [5.41, 5.74) is 2.06. The Labute approximate surface area is 158 Å². The lowest BCUT2D eigenvalue weighted by atomic mass is 10.2. The molecule has 1 amide bonds. The molecule has 0 N–H and O–H groups in total. The molecular weight excluding hydrogens is 356 g/mol. The number of nitrogens with zero attached hydrogens (tertiary/aromatic N) is 2. The van der Waals surface area contributed by atoms with Crippen molar-refractivity contribution in [3.63, 3.8) is 0 Å². The van der Waals surface area contributed by atoms with Crippen molar-refractivity contribution in [2.45, 2.75) is 19.8 Å². The van der Waals surface area contributed by atoms with Crippen molar-refractivity contribution < 1.29 is 14.3 Å². The van der Waals surface area contributed by atoms with Crippen LogP contribution in [0, 0.1) is 0 Å². The average molecular weight is 379 g/mol. The summed E-state index contributed by atoms with van der Waals surface area (Å²) >= 11 is 6.60. The number of thiocarbonyl (C=S) groups is 1. The smallest absolute Gasteiger partial charge is 0.305 e. The maximum atomic E-state index is 12.5. The van der Waals surface area contributed by atoms with Crippen molar-refractivity contribution in [3.8, 4) is 0 Å². The molecule has 1 aromatic rings. The zero-order chi connectivity index (χ0) is 18.4. The first-order valence-corrected chi connectivity index (χ1v) is 9.33. The Hall–Kier alpha value is -1.86. The van der Waals surface area contributed by atoms with Gasteiger partial charge in [-0.1, -0.05) is 36.1 Å². The van der Waals surface area contributed by atoms with Crippen LogP contribution < -0.4 is 4.90 Å². The number of carbonyl (C=O) groups excluding carboxylic acids is 2. The van der Waals surface area contributed by atoms with E-state index in [9.17, 15) is 9.59 Å². The van der Waals surface area contributed by atoms with Crippen LogP contribution in [-0.4, -0.2) is 48.3 Å². The Bertz CT molecular complexity index is 684. The Kier molecular flexibility index (Phi) is 7.01. The summed E-state index contributed by atoms with van der Waals surface area (Å²) < 4.78 is 5.42. The minimum Gasteiger partial charge on any atom is -0.466 e. The van der Waals surface area contributed by atoms with Gasteiger partial charge in [0, 0.05) is 32.7 Å². The van der Waals surface area contributed by atoms with E-state index < -0.39 is 0 Å². The summed E-state index contributed by atoms with van der Waals surface area (Å²) in [7, 11) is 3.97. The lowest BCUT2D eigenvalue weighted by molar-refractivity contribution is -0.143. The molecule has 0 spiro atoms. The quantitative estimate of drug-likeness (QED) is 0.412. The normalized spacial score (nSPS) is 15.8. The Morgan fingerprint density at radius 3 is 2.60 bits per heavy atom. The van der Waals surface area contributed by atoms with E-state index in [4.69, 9.17) is 17.0 Å². The van der Waals surface area contributed by atoms with Crippen molar-refractivity contribution in [3.05, 3.63) is 34.7 Å². The van der Waals surface area contributed by atoms with Gasteiger partial charge in [-0.3, -0.25) is 14.5 Å². The van der Waals surface area contributed by atoms with Gasteiger partial charge < -0.3 is 9.64 Å². The highest BCUT2D eigenvalue weighted by Gasteiger charge is 2.31. The number of hydrogen-bond donors (Lipinski definition) is 0. The van der Waals surface area contributed by atoms with Gasteiger partial charge in [0.2, 0.25) is 0 Å². The van der Waals surface area contributed by atoms with Gasteiger partial charge in [-0.05, 0) is 37.1 Å². The second-order valence-corrected chi connectivity index (χ2v) is 7.40. The van der Waals surface area contributed by atoms with Crippen LogP contribution in [0.3, 0.4) is 0 Å². The number of carbonyl (C=O) groups is 2. The topological polar surface area (TPSA) is 49.9 Å². The standard InChI is InChI=1S/C18H22N2O3S2/c1-4-23-16(21)6-5-11-20-17(22)15(25-18(20)24)12-13-7-9-14(10-8-13)19(2)3/h7-10,12H,4-6,11H2,1-3H3/b15-12+. The predicted octanol–water partition coefficient (Wildman–Crippen LogP) is 3.30. The van der Waals surface area contributed by atoms with E-state index in [-0.39, 0.29) is 18.3 Å². The molecule has 0 radical (unpaired) electrons. The van der Waals surface area contributed by atoms with Gasteiger partial charge in [0.15, 0.2) is 0 Å². The first kappa shape index (κ1) is 19.5. The van der Waals surface area contributed by atoms with E-state index in [0.29, 0.717) is 28.8 Å². The molecule has 1 aromatic carbocycles. The van der Waals surface area contributed by atoms with E-state index in [1.54, 1.807) is 11.8 Å². The average Bonchev–Trinajstić information content (AvgIpc) is 2.83. The number of ether oxygens (including phenoxy) is 1. The number of benzene rings is 1. The summed E-state index contributed by atoms with van der Waals surface area (Å²) in [4.78, 5) is 28.1. The fourth-order valence-corrected chi connectivity index (χ4v) is 3.64. The highest BCUT2D eigenvalue weighted by molar-refractivity contribution is 8.26. The summed E-state index contributed by atoms with van der Waals surface area (Å²) in [5.74, 6) is -0.347. The molecule has 1 aliphatic heterocycles. The summed E-state index contributed by atoms with van der Waals surface area (Å²) in [6.07, 6.45) is 2.68. The lowest BCUT2D eigenvalue weighted by Gasteiger charge is -2.13. The molecule has 0 aromatic heterocycles. The molecule has 0 bridgehead atoms. The third kappa shape index (κ3) is 5.31. The van der Waals surface area contributed by atoms with Gasteiger partial charge in [0.1, 0.15) is 4.32 Å². The zero-order valence-corrected chi connectivity index (χ0v) is 16.3. The van der Waals surface area contributed by atoms with Crippen molar-refractivity contribution in [2.75, 3.05) is 32.1 Å². The maximum Gasteiger partial charge on any atom is 0.305 e. The fraction of sp³-hybridized carbons (Fsp3) is 0.389.